The molecule has 0 amide bonds. The molecule has 1 aliphatic carbocycles. The Bertz CT molecular complexity index is 629. The third-order valence-electron chi connectivity index (χ3n) is 4.98. The summed E-state index contributed by atoms with van der Waals surface area (Å²) < 4.78 is 0. The van der Waals surface area contributed by atoms with Crippen LogP contribution in [0.4, 0.5) is 0 Å². The Kier molecular flexibility index (Phi) is 4.12. The van der Waals surface area contributed by atoms with Crippen LogP contribution in [-0.2, 0) is 12.8 Å². The fourth-order valence-electron chi connectivity index (χ4n) is 3.71. The van der Waals surface area contributed by atoms with E-state index in [1.54, 1.807) is 11.1 Å². The van der Waals surface area contributed by atoms with E-state index in [-0.39, 0.29) is 0 Å². The predicted molar refractivity (Wildman–Crippen MR) is 90.0 cm³/mol. The van der Waals surface area contributed by atoms with E-state index < -0.39 is 0 Å². The molecule has 0 spiro atoms. The SMILES string of the molecule is CNC(Cc1cc(C)ccc1C)C1CCc2ccccc21. The number of fused-ring (bicyclic) bond motifs is 1. The van der Waals surface area contributed by atoms with Gasteiger partial charge in [-0.15, -0.1) is 0 Å². The topological polar surface area (TPSA) is 12.0 Å². The van der Waals surface area contributed by atoms with Crippen molar-refractivity contribution >= 4 is 0 Å². The van der Waals surface area contributed by atoms with E-state index in [0.29, 0.717) is 12.0 Å². The molecular weight excluding hydrogens is 254 g/mol. The zero-order valence-electron chi connectivity index (χ0n) is 13.3. The molecule has 1 aliphatic rings. The average molecular weight is 279 g/mol. The Hall–Kier alpha value is -1.60. The minimum Gasteiger partial charge on any atom is -0.316 e. The monoisotopic (exact) mass is 279 g/mol. The van der Waals surface area contributed by atoms with Gasteiger partial charge in [0.2, 0.25) is 0 Å². The van der Waals surface area contributed by atoms with E-state index in [9.17, 15) is 0 Å². The second-order valence-corrected chi connectivity index (χ2v) is 6.37. The molecule has 0 fully saturated rings. The quantitative estimate of drug-likeness (QED) is 0.886. The molecule has 0 radical (unpaired) electrons. The van der Waals surface area contributed by atoms with E-state index in [0.717, 1.165) is 6.42 Å². The van der Waals surface area contributed by atoms with Gasteiger partial charge in [-0.3, -0.25) is 0 Å². The predicted octanol–water partition coefficient (Wildman–Crippen LogP) is 4.16. The zero-order valence-corrected chi connectivity index (χ0v) is 13.3. The summed E-state index contributed by atoms with van der Waals surface area (Å²) in [5.41, 5.74) is 7.36. The van der Waals surface area contributed by atoms with Crippen LogP contribution in [0, 0.1) is 13.8 Å². The lowest BCUT2D eigenvalue weighted by molar-refractivity contribution is 0.455. The lowest BCUT2D eigenvalue weighted by Crippen LogP contribution is -2.33. The van der Waals surface area contributed by atoms with Crippen LogP contribution in [0.15, 0.2) is 42.5 Å². The van der Waals surface area contributed by atoms with Gasteiger partial charge < -0.3 is 5.32 Å². The normalized spacial score (nSPS) is 18.5. The van der Waals surface area contributed by atoms with Gasteiger partial charge in [0.05, 0.1) is 0 Å². The molecule has 0 heterocycles. The van der Waals surface area contributed by atoms with E-state index in [1.165, 1.54) is 29.5 Å². The van der Waals surface area contributed by atoms with Crippen molar-refractivity contribution in [3.05, 3.63) is 70.3 Å². The van der Waals surface area contributed by atoms with Gasteiger partial charge in [-0.2, -0.15) is 0 Å². The zero-order chi connectivity index (χ0) is 14.8. The summed E-state index contributed by atoms with van der Waals surface area (Å²) in [6, 6.07) is 16.3. The van der Waals surface area contributed by atoms with Crippen LogP contribution in [0.25, 0.3) is 0 Å². The Morgan fingerprint density at radius 2 is 1.95 bits per heavy atom. The second-order valence-electron chi connectivity index (χ2n) is 6.37. The molecule has 1 N–H and O–H groups in total. The average Bonchev–Trinajstić information content (AvgIpc) is 2.92. The van der Waals surface area contributed by atoms with Gasteiger partial charge in [0.15, 0.2) is 0 Å². The smallest absolute Gasteiger partial charge is 0.0173 e. The molecule has 1 nitrogen and oxygen atoms in total. The summed E-state index contributed by atoms with van der Waals surface area (Å²) in [6.45, 7) is 4.41. The standard InChI is InChI=1S/C20H25N/c1-14-8-9-15(2)17(12-14)13-20(21-3)19-11-10-16-6-4-5-7-18(16)19/h4-9,12,19-21H,10-11,13H2,1-3H3. The van der Waals surface area contributed by atoms with Gasteiger partial charge in [-0.25, -0.2) is 0 Å². The minimum atomic E-state index is 0.522. The molecule has 3 rings (SSSR count). The number of hydrogen-bond acceptors (Lipinski definition) is 1. The molecule has 2 aromatic carbocycles. The van der Waals surface area contributed by atoms with Crippen molar-refractivity contribution < 1.29 is 0 Å². The minimum absolute atomic E-state index is 0.522. The third kappa shape index (κ3) is 2.89. The Morgan fingerprint density at radius 3 is 2.76 bits per heavy atom. The molecule has 2 aromatic rings. The van der Waals surface area contributed by atoms with E-state index in [1.807, 2.05) is 0 Å². The van der Waals surface area contributed by atoms with Gasteiger partial charge in [0.1, 0.15) is 0 Å². The Morgan fingerprint density at radius 1 is 1.14 bits per heavy atom. The van der Waals surface area contributed by atoms with Crippen LogP contribution in [-0.4, -0.2) is 13.1 Å². The van der Waals surface area contributed by atoms with Crippen molar-refractivity contribution in [2.75, 3.05) is 7.05 Å². The first kappa shape index (κ1) is 14.3. The van der Waals surface area contributed by atoms with Crippen molar-refractivity contribution in [3.63, 3.8) is 0 Å². The van der Waals surface area contributed by atoms with Gasteiger partial charge in [-0.1, -0.05) is 48.0 Å². The third-order valence-corrected chi connectivity index (χ3v) is 4.98. The number of benzene rings is 2. The highest BCUT2D eigenvalue weighted by Gasteiger charge is 2.28. The largest absolute Gasteiger partial charge is 0.316 e. The highest BCUT2D eigenvalue weighted by molar-refractivity contribution is 5.37. The highest BCUT2D eigenvalue weighted by Crippen LogP contribution is 2.36. The molecule has 0 aromatic heterocycles. The van der Waals surface area contributed by atoms with E-state index >= 15 is 0 Å². The van der Waals surface area contributed by atoms with Crippen molar-refractivity contribution in [1.29, 1.82) is 0 Å². The van der Waals surface area contributed by atoms with Gasteiger partial charge in [0, 0.05) is 12.0 Å². The maximum atomic E-state index is 3.58. The summed E-state index contributed by atoms with van der Waals surface area (Å²) in [4.78, 5) is 0. The number of aryl methyl sites for hydroxylation is 3. The van der Waals surface area contributed by atoms with Gasteiger partial charge in [-0.05, 0) is 62.4 Å². The molecule has 2 atom stereocenters. The van der Waals surface area contributed by atoms with Gasteiger partial charge >= 0.3 is 0 Å². The summed E-state index contributed by atoms with van der Waals surface area (Å²) >= 11 is 0. The van der Waals surface area contributed by atoms with Gasteiger partial charge in [0.25, 0.3) is 0 Å². The van der Waals surface area contributed by atoms with Crippen molar-refractivity contribution in [3.8, 4) is 0 Å². The van der Waals surface area contributed by atoms with Crippen molar-refractivity contribution in [2.24, 2.45) is 0 Å². The Balaban J connectivity index is 1.85. The lowest BCUT2D eigenvalue weighted by Gasteiger charge is -2.25. The van der Waals surface area contributed by atoms with Crippen LogP contribution in [0.5, 0.6) is 0 Å². The molecule has 0 saturated heterocycles. The maximum Gasteiger partial charge on any atom is 0.0173 e. The molecule has 110 valence electrons. The first-order valence-electron chi connectivity index (χ1n) is 8.00. The van der Waals surface area contributed by atoms with Crippen LogP contribution in [0.2, 0.25) is 0 Å². The first-order chi connectivity index (χ1) is 10.2. The summed E-state index contributed by atoms with van der Waals surface area (Å²) in [6.07, 6.45) is 3.62. The molecule has 0 bridgehead atoms. The molecule has 2 unspecified atom stereocenters. The summed E-state index contributed by atoms with van der Waals surface area (Å²) in [7, 11) is 2.11. The fraction of sp³-hybridized carbons (Fsp3) is 0.400. The lowest BCUT2D eigenvalue weighted by atomic mass is 9.87. The summed E-state index contributed by atoms with van der Waals surface area (Å²) in [5.74, 6) is 0.645. The molecule has 0 aliphatic heterocycles. The van der Waals surface area contributed by atoms with E-state index in [2.05, 4.69) is 68.7 Å². The van der Waals surface area contributed by atoms with Crippen LogP contribution < -0.4 is 5.32 Å². The summed E-state index contributed by atoms with van der Waals surface area (Å²) in [5, 5.41) is 3.58. The number of nitrogens with one attached hydrogen (secondary N) is 1. The number of hydrogen-bond donors (Lipinski definition) is 1. The van der Waals surface area contributed by atoms with Crippen molar-refractivity contribution in [1.82, 2.24) is 5.32 Å². The molecule has 1 heteroatoms. The maximum absolute atomic E-state index is 3.58. The van der Waals surface area contributed by atoms with Crippen LogP contribution in [0.3, 0.4) is 0 Å². The second kappa shape index (κ2) is 6.03. The van der Waals surface area contributed by atoms with Crippen LogP contribution in [0.1, 0.15) is 40.2 Å². The Labute approximate surface area is 128 Å². The molecule has 0 saturated carbocycles. The van der Waals surface area contributed by atoms with Crippen LogP contribution >= 0.6 is 0 Å². The fourth-order valence-corrected chi connectivity index (χ4v) is 3.71. The van der Waals surface area contributed by atoms with E-state index in [4.69, 9.17) is 0 Å². The highest BCUT2D eigenvalue weighted by atomic mass is 14.9. The molecular formula is C20H25N. The van der Waals surface area contributed by atoms with Crippen molar-refractivity contribution in [2.45, 2.75) is 45.1 Å². The first-order valence-corrected chi connectivity index (χ1v) is 8.00. The molecule has 21 heavy (non-hydrogen) atoms. The number of rotatable bonds is 4. The number of likely N-dealkylation sites (N-methyl/N-ethyl adjacent to an activating group) is 1.